The van der Waals surface area contributed by atoms with E-state index in [1.165, 1.54) is 10.8 Å². The largest absolute Gasteiger partial charge is 0.461 e. The average Bonchev–Trinajstić information content (AvgIpc) is 2.47. The topological polar surface area (TPSA) is 48.3 Å². The predicted octanol–water partition coefficient (Wildman–Crippen LogP) is 1.01. The Morgan fingerprint density at radius 2 is 2.38 bits per heavy atom. The number of carbonyl (C=O) groups excluding carboxylic acids is 2. The summed E-state index contributed by atoms with van der Waals surface area (Å²) in [5.74, 6) is -0.461. The quantitative estimate of drug-likeness (QED) is 0.516. The molecule has 1 rings (SSSR count). The van der Waals surface area contributed by atoms with Gasteiger partial charge in [-0.15, -0.1) is 0 Å². The molecule has 0 atom stereocenters. The van der Waals surface area contributed by atoms with Crippen molar-refractivity contribution in [2.24, 2.45) is 0 Å². The molecular formula is C9H11NO3. The van der Waals surface area contributed by atoms with Crippen LogP contribution in [-0.2, 0) is 9.53 Å². The molecule has 0 aliphatic rings. The Morgan fingerprint density at radius 1 is 1.69 bits per heavy atom. The van der Waals surface area contributed by atoms with Gasteiger partial charge in [-0.3, -0.25) is 9.36 Å². The average molecular weight is 181 g/mol. The number of rotatable bonds is 3. The summed E-state index contributed by atoms with van der Waals surface area (Å²) in [5.41, 5.74) is 1.04. The molecule has 0 unspecified atom stereocenters. The third-order valence-corrected chi connectivity index (χ3v) is 1.70. The molecule has 4 nitrogen and oxygen atoms in total. The molecule has 0 fully saturated rings. The van der Waals surface area contributed by atoms with Crippen LogP contribution in [0.3, 0.4) is 0 Å². The zero-order valence-electron chi connectivity index (χ0n) is 7.61. The summed E-state index contributed by atoms with van der Waals surface area (Å²) >= 11 is 0. The van der Waals surface area contributed by atoms with Crippen molar-refractivity contribution in [3.63, 3.8) is 0 Å². The molecule has 70 valence electrons. The zero-order chi connectivity index (χ0) is 9.84. The fraction of sp³-hybridized carbons (Fsp3) is 0.333. The van der Waals surface area contributed by atoms with Crippen molar-refractivity contribution in [1.82, 2.24) is 4.57 Å². The molecule has 4 heteroatoms. The van der Waals surface area contributed by atoms with Crippen LogP contribution in [0.4, 0.5) is 0 Å². The van der Waals surface area contributed by atoms with E-state index in [2.05, 4.69) is 0 Å². The van der Waals surface area contributed by atoms with Crippen molar-refractivity contribution in [2.75, 3.05) is 6.61 Å². The van der Waals surface area contributed by atoms with E-state index in [1.54, 1.807) is 19.9 Å². The van der Waals surface area contributed by atoms with Gasteiger partial charge in [0.05, 0.1) is 6.61 Å². The molecule has 1 heterocycles. The highest BCUT2D eigenvalue weighted by Gasteiger charge is 2.14. The van der Waals surface area contributed by atoms with Gasteiger partial charge in [0.1, 0.15) is 5.69 Å². The van der Waals surface area contributed by atoms with E-state index in [4.69, 9.17) is 4.74 Å². The minimum absolute atomic E-state index is 0.303. The first-order chi connectivity index (χ1) is 6.20. The molecule has 0 amide bonds. The summed E-state index contributed by atoms with van der Waals surface area (Å²) in [6.45, 7) is 3.79. The minimum Gasteiger partial charge on any atom is -0.461 e. The first-order valence-corrected chi connectivity index (χ1v) is 4.00. The van der Waals surface area contributed by atoms with E-state index in [0.29, 0.717) is 18.7 Å². The molecule has 0 aromatic carbocycles. The molecule has 0 spiro atoms. The van der Waals surface area contributed by atoms with Crippen molar-refractivity contribution in [1.29, 1.82) is 0 Å². The maximum absolute atomic E-state index is 11.3. The summed E-state index contributed by atoms with van der Waals surface area (Å²) in [7, 11) is 0. The summed E-state index contributed by atoms with van der Waals surface area (Å²) in [6.07, 6.45) is 2.12. The standard InChI is InChI=1S/C9H11NO3/c1-3-13-9(12)8-7(2)4-5-10(8)6-11/h4-6H,3H2,1-2H3. The molecule has 0 bridgehead atoms. The van der Waals surface area contributed by atoms with E-state index in [1.807, 2.05) is 0 Å². The van der Waals surface area contributed by atoms with Crippen LogP contribution >= 0.6 is 0 Å². The fourth-order valence-electron chi connectivity index (χ4n) is 1.10. The van der Waals surface area contributed by atoms with Crippen LogP contribution in [0.5, 0.6) is 0 Å². The van der Waals surface area contributed by atoms with Crippen molar-refractivity contribution < 1.29 is 14.3 Å². The molecule has 0 saturated carbocycles. The van der Waals surface area contributed by atoms with Gasteiger partial charge in [0, 0.05) is 6.20 Å². The molecule has 1 aromatic rings. The van der Waals surface area contributed by atoms with Gasteiger partial charge >= 0.3 is 5.97 Å². The number of aryl methyl sites for hydroxylation is 1. The lowest BCUT2D eigenvalue weighted by Crippen LogP contribution is -2.12. The van der Waals surface area contributed by atoms with E-state index < -0.39 is 5.97 Å². The number of nitrogens with zero attached hydrogens (tertiary/aromatic N) is 1. The Morgan fingerprint density at radius 3 is 2.92 bits per heavy atom. The summed E-state index contributed by atoms with van der Waals surface area (Å²) in [5, 5.41) is 0. The summed E-state index contributed by atoms with van der Waals surface area (Å²) in [6, 6.07) is 1.70. The molecule has 1 aromatic heterocycles. The van der Waals surface area contributed by atoms with Gasteiger partial charge in [-0.1, -0.05) is 0 Å². The highest BCUT2D eigenvalue weighted by atomic mass is 16.5. The fourth-order valence-corrected chi connectivity index (χ4v) is 1.10. The lowest BCUT2D eigenvalue weighted by molar-refractivity contribution is 0.0517. The first kappa shape index (κ1) is 9.51. The molecule has 0 aliphatic heterocycles. The van der Waals surface area contributed by atoms with Crippen LogP contribution in [0.1, 0.15) is 23.0 Å². The van der Waals surface area contributed by atoms with Crippen molar-refractivity contribution >= 4 is 12.4 Å². The molecule has 0 radical (unpaired) electrons. The van der Waals surface area contributed by atoms with Gasteiger partial charge in [-0.2, -0.15) is 0 Å². The molecule has 0 N–H and O–H groups in total. The lowest BCUT2D eigenvalue weighted by atomic mass is 10.3. The van der Waals surface area contributed by atoms with Crippen molar-refractivity contribution in [3.8, 4) is 0 Å². The molecule has 13 heavy (non-hydrogen) atoms. The smallest absolute Gasteiger partial charge is 0.355 e. The molecular weight excluding hydrogens is 170 g/mol. The van der Waals surface area contributed by atoms with Crippen LogP contribution in [0.25, 0.3) is 0 Å². The monoisotopic (exact) mass is 181 g/mol. The number of hydrogen-bond acceptors (Lipinski definition) is 3. The Bertz CT molecular complexity index is 328. The second-order valence-electron chi connectivity index (χ2n) is 2.58. The Labute approximate surface area is 76.1 Å². The maximum Gasteiger partial charge on any atom is 0.355 e. The maximum atomic E-state index is 11.3. The van der Waals surface area contributed by atoms with Crippen molar-refractivity contribution in [3.05, 3.63) is 23.5 Å². The van der Waals surface area contributed by atoms with Gasteiger partial charge in [0.15, 0.2) is 0 Å². The third-order valence-electron chi connectivity index (χ3n) is 1.70. The highest BCUT2D eigenvalue weighted by Crippen LogP contribution is 2.09. The number of carbonyl (C=O) groups is 2. The second-order valence-corrected chi connectivity index (χ2v) is 2.58. The SMILES string of the molecule is CCOC(=O)c1c(C)ccn1C=O. The number of ether oxygens (including phenoxy) is 1. The van der Waals surface area contributed by atoms with Crippen molar-refractivity contribution in [2.45, 2.75) is 13.8 Å². The van der Waals surface area contributed by atoms with Crippen LogP contribution in [0.15, 0.2) is 12.3 Å². The van der Waals surface area contributed by atoms with E-state index in [9.17, 15) is 9.59 Å². The van der Waals surface area contributed by atoms with E-state index in [-0.39, 0.29) is 0 Å². The van der Waals surface area contributed by atoms with Crippen LogP contribution in [0.2, 0.25) is 0 Å². The Hall–Kier alpha value is -1.58. The third kappa shape index (κ3) is 1.77. The normalized spacial score (nSPS) is 9.69. The minimum atomic E-state index is -0.461. The molecule has 0 saturated heterocycles. The van der Waals surface area contributed by atoms with E-state index in [0.717, 1.165) is 5.56 Å². The Kier molecular flexibility index (Phi) is 2.84. The van der Waals surface area contributed by atoms with Gasteiger partial charge in [-0.25, -0.2) is 4.79 Å². The first-order valence-electron chi connectivity index (χ1n) is 4.00. The summed E-state index contributed by atoms with van der Waals surface area (Å²) in [4.78, 5) is 21.8. The number of esters is 1. The zero-order valence-corrected chi connectivity index (χ0v) is 7.61. The Balaban J connectivity index is 3.03. The summed E-state index contributed by atoms with van der Waals surface area (Å²) < 4.78 is 6.01. The number of aromatic nitrogens is 1. The van der Waals surface area contributed by atoms with Crippen LogP contribution in [-0.4, -0.2) is 23.6 Å². The highest BCUT2D eigenvalue weighted by molar-refractivity contribution is 5.91. The van der Waals surface area contributed by atoms with Crippen LogP contribution in [0, 0.1) is 6.92 Å². The van der Waals surface area contributed by atoms with Gasteiger partial charge < -0.3 is 4.74 Å². The molecule has 0 aliphatic carbocycles. The van der Waals surface area contributed by atoms with E-state index >= 15 is 0 Å². The van der Waals surface area contributed by atoms with Gasteiger partial charge in [0.25, 0.3) is 0 Å². The van der Waals surface area contributed by atoms with Gasteiger partial charge in [-0.05, 0) is 25.5 Å². The lowest BCUT2D eigenvalue weighted by Gasteiger charge is -2.02. The predicted molar refractivity (Wildman–Crippen MR) is 47.3 cm³/mol. The van der Waals surface area contributed by atoms with Crippen LogP contribution < -0.4 is 0 Å². The van der Waals surface area contributed by atoms with Gasteiger partial charge in [0.2, 0.25) is 6.41 Å². The number of hydrogen-bond donors (Lipinski definition) is 0. The second kappa shape index (κ2) is 3.89.